The lowest BCUT2D eigenvalue weighted by atomic mass is 10.0. The van der Waals surface area contributed by atoms with Gasteiger partial charge in [-0.1, -0.05) is 38.8 Å². The third-order valence-corrected chi connectivity index (χ3v) is 3.95. The maximum atomic E-state index is 6.19. The third-order valence-electron chi connectivity index (χ3n) is 3.52. The van der Waals surface area contributed by atoms with Gasteiger partial charge in [0.15, 0.2) is 0 Å². The van der Waals surface area contributed by atoms with E-state index >= 15 is 0 Å². The third kappa shape index (κ3) is 5.34. The van der Waals surface area contributed by atoms with Gasteiger partial charge in [0, 0.05) is 11.1 Å². The Hall–Kier alpha value is -0.730. The highest BCUT2D eigenvalue weighted by molar-refractivity contribution is 6.31. The Morgan fingerprint density at radius 2 is 1.95 bits per heavy atom. The Morgan fingerprint density at radius 3 is 2.50 bits per heavy atom. The summed E-state index contributed by atoms with van der Waals surface area (Å²) in [7, 11) is 0. The molecule has 0 aliphatic heterocycles. The zero-order valence-electron chi connectivity index (χ0n) is 13.2. The summed E-state index contributed by atoms with van der Waals surface area (Å²) in [6, 6.07) is 6.31. The van der Waals surface area contributed by atoms with Crippen LogP contribution in [0.3, 0.4) is 0 Å². The summed E-state index contributed by atoms with van der Waals surface area (Å²) in [5.41, 5.74) is 1.06. The molecule has 0 heterocycles. The maximum Gasteiger partial charge on any atom is 0.120 e. The van der Waals surface area contributed by atoms with Crippen molar-refractivity contribution in [1.82, 2.24) is 5.32 Å². The first-order valence-corrected chi connectivity index (χ1v) is 8.16. The van der Waals surface area contributed by atoms with Gasteiger partial charge >= 0.3 is 0 Å². The van der Waals surface area contributed by atoms with Crippen LogP contribution in [-0.4, -0.2) is 18.7 Å². The summed E-state index contributed by atoms with van der Waals surface area (Å²) in [5.74, 6) is 0.915. The van der Waals surface area contributed by atoms with E-state index in [4.69, 9.17) is 16.3 Å². The lowest BCUT2D eigenvalue weighted by molar-refractivity contribution is 0.142. The van der Waals surface area contributed by atoms with Crippen molar-refractivity contribution in [2.75, 3.05) is 6.54 Å². The van der Waals surface area contributed by atoms with Crippen molar-refractivity contribution in [3.63, 3.8) is 0 Å². The van der Waals surface area contributed by atoms with Gasteiger partial charge in [-0.05, 0) is 56.5 Å². The average molecular weight is 298 g/mol. The van der Waals surface area contributed by atoms with E-state index in [1.54, 1.807) is 0 Å². The maximum absolute atomic E-state index is 6.19. The van der Waals surface area contributed by atoms with E-state index in [0.717, 1.165) is 42.1 Å². The number of halogens is 1. The minimum absolute atomic E-state index is 0.210. The van der Waals surface area contributed by atoms with Crippen molar-refractivity contribution >= 4 is 11.6 Å². The Morgan fingerprint density at radius 1 is 1.20 bits per heavy atom. The molecular weight excluding hydrogens is 270 g/mol. The predicted molar refractivity (Wildman–Crippen MR) is 87.9 cm³/mol. The van der Waals surface area contributed by atoms with Gasteiger partial charge in [0.05, 0.1) is 0 Å². The molecule has 0 aromatic heterocycles. The minimum Gasteiger partial charge on any atom is -0.489 e. The fourth-order valence-electron chi connectivity index (χ4n) is 2.38. The molecule has 0 saturated carbocycles. The van der Waals surface area contributed by atoms with E-state index in [9.17, 15) is 0 Å². The van der Waals surface area contributed by atoms with E-state index in [-0.39, 0.29) is 6.10 Å². The molecule has 1 N–H and O–H groups in total. The molecule has 0 aliphatic rings. The smallest absolute Gasteiger partial charge is 0.120 e. The number of hydrogen-bond donors (Lipinski definition) is 1. The molecule has 3 heteroatoms. The Balaban J connectivity index is 2.73. The first-order valence-electron chi connectivity index (χ1n) is 7.78. The van der Waals surface area contributed by atoms with Crippen LogP contribution in [0.1, 0.15) is 52.0 Å². The molecule has 0 saturated heterocycles. The molecule has 2 atom stereocenters. The minimum atomic E-state index is 0.210. The molecule has 0 spiro atoms. The van der Waals surface area contributed by atoms with E-state index < -0.39 is 0 Å². The molecule has 2 unspecified atom stereocenters. The highest BCUT2D eigenvalue weighted by atomic mass is 35.5. The number of nitrogens with one attached hydrogen (secondary N) is 1. The standard InChI is InChI=1S/C17H28ClNO/c1-5-8-16(19-11-6-2)17(7-3)20-14-9-10-15(18)13(4)12-14/h9-10,12,16-17,19H,5-8,11H2,1-4H3. The highest BCUT2D eigenvalue weighted by Gasteiger charge is 2.20. The van der Waals surface area contributed by atoms with Crippen LogP contribution < -0.4 is 10.1 Å². The normalized spacial score (nSPS) is 14.1. The largest absolute Gasteiger partial charge is 0.489 e. The molecule has 2 nitrogen and oxygen atoms in total. The molecule has 0 bridgehead atoms. The summed E-state index contributed by atoms with van der Waals surface area (Å²) in [5, 5.41) is 4.41. The number of hydrogen-bond acceptors (Lipinski definition) is 2. The second-order valence-corrected chi connectivity index (χ2v) is 5.73. The summed E-state index contributed by atoms with van der Waals surface area (Å²) in [6.07, 6.45) is 4.67. The van der Waals surface area contributed by atoms with Gasteiger partial charge in [-0.2, -0.15) is 0 Å². The molecular formula is C17H28ClNO. The fourth-order valence-corrected chi connectivity index (χ4v) is 2.49. The summed E-state index contributed by atoms with van der Waals surface area (Å²) in [6.45, 7) is 9.66. The molecule has 0 amide bonds. The summed E-state index contributed by atoms with van der Waals surface area (Å²) < 4.78 is 6.19. The van der Waals surface area contributed by atoms with Gasteiger partial charge < -0.3 is 10.1 Å². The van der Waals surface area contributed by atoms with Crippen molar-refractivity contribution in [1.29, 1.82) is 0 Å². The Labute approximate surface area is 128 Å². The van der Waals surface area contributed by atoms with Crippen molar-refractivity contribution in [2.24, 2.45) is 0 Å². The van der Waals surface area contributed by atoms with E-state index in [0.29, 0.717) is 6.04 Å². The number of rotatable bonds is 9. The van der Waals surface area contributed by atoms with Gasteiger partial charge in [-0.3, -0.25) is 0 Å². The number of aryl methyl sites for hydroxylation is 1. The van der Waals surface area contributed by atoms with Crippen LogP contribution in [0.4, 0.5) is 0 Å². The fraction of sp³-hybridized carbons (Fsp3) is 0.647. The molecule has 0 radical (unpaired) electrons. The zero-order chi connectivity index (χ0) is 15.0. The van der Waals surface area contributed by atoms with Crippen molar-refractivity contribution in [2.45, 2.75) is 65.5 Å². The van der Waals surface area contributed by atoms with Crippen LogP contribution >= 0.6 is 11.6 Å². The van der Waals surface area contributed by atoms with Gasteiger partial charge in [0.2, 0.25) is 0 Å². The lowest BCUT2D eigenvalue weighted by Gasteiger charge is -2.28. The number of benzene rings is 1. The molecule has 114 valence electrons. The van der Waals surface area contributed by atoms with Crippen LogP contribution in [0, 0.1) is 6.92 Å². The van der Waals surface area contributed by atoms with Crippen LogP contribution in [0.15, 0.2) is 18.2 Å². The first kappa shape index (κ1) is 17.3. The van der Waals surface area contributed by atoms with E-state index in [1.807, 2.05) is 25.1 Å². The predicted octanol–water partition coefficient (Wildman–Crippen LogP) is 4.97. The highest BCUT2D eigenvalue weighted by Crippen LogP contribution is 2.23. The molecule has 0 aliphatic carbocycles. The summed E-state index contributed by atoms with van der Waals surface area (Å²) in [4.78, 5) is 0. The molecule has 1 aromatic carbocycles. The zero-order valence-corrected chi connectivity index (χ0v) is 14.0. The quantitative estimate of drug-likeness (QED) is 0.694. The molecule has 0 fully saturated rings. The first-order chi connectivity index (χ1) is 9.62. The Bertz CT molecular complexity index is 395. The lowest BCUT2D eigenvalue weighted by Crippen LogP contribution is -2.43. The van der Waals surface area contributed by atoms with Crippen LogP contribution in [0.25, 0.3) is 0 Å². The van der Waals surface area contributed by atoms with Crippen LogP contribution in [0.2, 0.25) is 5.02 Å². The second-order valence-electron chi connectivity index (χ2n) is 5.32. The topological polar surface area (TPSA) is 21.3 Å². The molecule has 20 heavy (non-hydrogen) atoms. The molecule has 1 aromatic rings. The van der Waals surface area contributed by atoms with Gasteiger partial charge in [0.25, 0.3) is 0 Å². The van der Waals surface area contributed by atoms with Gasteiger partial charge in [-0.15, -0.1) is 0 Å². The van der Waals surface area contributed by atoms with E-state index in [1.165, 1.54) is 6.42 Å². The average Bonchev–Trinajstić information content (AvgIpc) is 2.45. The summed E-state index contributed by atoms with van der Waals surface area (Å²) >= 11 is 6.06. The van der Waals surface area contributed by atoms with Crippen LogP contribution in [-0.2, 0) is 0 Å². The van der Waals surface area contributed by atoms with Gasteiger partial charge in [-0.25, -0.2) is 0 Å². The SMILES string of the molecule is CCCNC(CCC)C(CC)Oc1ccc(Cl)c(C)c1. The van der Waals surface area contributed by atoms with Crippen molar-refractivity contribution < 1.29 is 4.74 Å². The van der Waals surface area contributed by atoms with Gasteiger partial charge in [0.1, 0.15) is 11.9 Å². The second kappa shape index (κ2) is 9.25. The Kier molecular flexibility index (Phi) is 8.01. The van der Waals surface area contributed by atoms with Crippen molar-refractivity contribution in [3.8, 4) is 5.75 Å². The molecule has 1 rings (SSSR count). The monoisotopic (exact) mass is 297 g/mol. The van der Waals surface area contributed by atoms with Crippen LogP contribution in [0.5, 0.6) is 5.75 Å². The number of ether oxygens (including phenoxy) is 1. The van der Waals surface area contributed by atoms with E-state index in [2.05, 4.69) is 26.1 Å². The van der Waals surface area contributed by atoms with Crippen molar-refractivity contribution in [3.05, 3.63) is 28.8 Å².